The molecule has 2 unspecified atom stereocenters. The first-order valence-electron chi connectivity index (χ1n) is 15.9. The SMILES string of the molecule is Cc1cc(C)cc(P(c2cc(C)cc(C)c2)[C@@H](C)C2=C=CC=C2P(C2=CC=CC3C=C[CH]C=C23)c2cccc3ccccc23)c1. The first-order chi connectivity index (χ1) is 21.9. The third kappa shape index (κ3) is 5.85. The molecular weight excluding hydrogens is 578 g/mol. The van der Waals surface area contributed by atoms with Crippen LogP contribution in [-0.2, 0) is 0 Å². The van der Waals surface area contributed by atoms with Gasteiger partial charge in [-0.05, 0) is 98.6 Å². The molecule has 0 spiro atoms. The summed E-state index contributed by atoms with van der Waals surface area (Å²) < 4.78 is 0. The van der Waals surface area contributed by atoms with Crippen LogP contribution in [0.15, 0.2) is 155 Å². The van der Waals surface area contributed by atoms with E-state index < -0.39 is 15.8 Å². The zero-order valence-corrected chi connectivity index (χ0v) is 28.5. The number of hydrogen-bond donors (Lipinski definition) is 0. The van der Waals surface area contributed by atoms with E-state index >= 15 is 0 Å². The van der Waals surface area contributed by atoms with Crippen molar-refractivity contribution in [1.82, 2.24) is 0 Å². The molecule has 221 valence electrons. The predicted molar refractivity (Wildman–Crippen MR) is 200 cm³/mol. The standard InChI is InChI=1S/C43H39P2/c1-29-23-30(2)26-36(25-29)44(37-27-31(3)24-32(4)28-37)33(5)38-19-12-22-41(38)45(42-20-10-15-34-13-6-8-17-39(34)42)43-21-11-16-35-14-7-9-18-40(35)43/h6-18,20-28,33-34H,1-5H3/t33-,34?,45?/m0/s1. The predicted octanol–water partition coefficient (Wildman–Crippen LogP) is 10.5. The number of fused-ring (bicyclic) bond motifs is 2. The Hall–Kier alpha value is -3.78. The molecule has 45 heavy (non-hydrogen) atoms. The van der Waals surface area contributed by atoms with Crippen LogP contribution in [0.5, 0.6) is 0 Å². The molecule has 0 aromatic heterocycles. The maximum atomic E-state index is 3.84. The minimum Gasteiger partial charge on any atom is -0.116 e. The Morgan fingerprint density at radius 3 is 2.02 bits per heavy atom. The highest BCUT2D eigenvalue weighted by molar-refractivity contribution is 7.75. The van der Waals surface area contributed by atoms with Gasteiger partial charge in [0.25, 0.3) is 0 Å². The highest BCUT2D eigenvalue weighted by Crippen LogP contribution is 2.62. The number of hydrogen-bond acceptors (Lipinski definition) is 0. The molecule has 4 aromatic carbocycles. The lowest BCUT2D eigenvalue weighted by Crippen LogP contribution is -2.23. The normalized spacial score (nSPS) is 18.4. The average Bonchev–Trinajstić information content (AvgIpc) is 3.50. The minimum atomic E-state index is -0.849. The molecule has 1 radical (unpaired) electrons. The van der Waals surface area contributed by atoms with Crippen molar-refractivity contribution in [3.63, 3.8) is 0 Å². The van der Waals surface area contributed by atoms with E-state index in [-0.39, 0.29) is 5.66 Å². The molecular formula is C43H39P2. The lowest BCUT2D eigenvalue weighted by molar-refractivity contribution is 0.970. The number of aryl methyl sites for hydroxylation is 4. The van der Waals surface area contributed by atoms with Crippen LogP contribution >= 0.6 is 15.8 Å². The van der Waals surface area contributed by atoms with E-state index in [0.29, 0.717) is 5.92 Å². The fraction of sp³-hybridized carbons (Fsp3) is 0.163. The lowest BCUT2D eigenvalue weighted by atomic mass is 9.90. The number of benzene rings is 4. The second kappa shape index (κ2) is 12.5. The van der Waals surface area contributed by atoms with Crippen LogP contribution in [-0.4, -0.2) is 5.66 Å². The molecule has 3 aliphatic rings. The van der Waals surface area contributed by atoms with Gasteiger partial charge >= 0.3 is 0 Å². The van der Waals surface area contributed by atoms with Crippen LogP contribution in [0.25, 0.3) is 10.8 Å². The van der Waals surface area contributed by atoms with Gasteiger partial charge in [0.1, 0.15) is 0 Å². The van der Waals surface area contributed by atoms with E-state index in [1.165, 1.54) is 70.7 Å². The Kier molecular flexibility index (Phi) is 8.34. The van der Waals surface area contributed by atoms with Crippen LogP contribution in [0.2, 0.25) is 0 Å². The van der Waals surface area contributed by atoms with Crippen LogP contribution < -0.4 is 15.9 Å². The molecule has 3 aliphatic carbocycles. The second-order valence-corrected chi connectivity index (χ2v) is 17.2. The van der Waals surface area contributed by atoms with Gasteiger partial charge in [-0.1, -0.05) is 144 Å². The summed E-state index contributed by atoms with van der Waals surface area (Å²) in [6, 6.07) is 30.1. The molecule has 0 aliphatic heterocycles. The molecule has 0 N–H and O–H groups in total. The third-order valence-electron chi connectivity index (χ3n) is 8.95. The smallest absolute Gasteiger partial charge is 0.0205 e. The van der Waals surface area contributed by atoms with Gasteiger partial charge in [-0.2, -0.15) is 0 Å². The highest BCUT2D eigenvalue weighted by Gasteiger charge is 2.35. The summed E-state index contributed by atoms with van der Waals surface area (Å²) in [6.45, 7) is 11.4. The van der Waals surface area contributed by atoms with Crippen molar-refractivity contribution >= 4 is 42.5 Å². The summed E-state index contributed by atoms with van der Waals surface area (Å²) in [7, 11) is -1.54. The molecule has 2 heteroatoms. The van der Waals surface area contributed by atoms with E-state index in [9.17, 15) is 0 Å². The Labute approximate surface area is 271 Å². The van der Waals surface area contributed by atoms with Gasteiger partial charge in [-0.3, -0.25) is 0 Å². The fourth-order valence-corrected chi connectivity index (χ4v) is 13.2. The maximum absolute atomic E-state index is 3.84. The lowest BCUT2D eigenvalue weighted by Gasteiger charge is -2.34. The summed E-state index contributed by atoms with van der Waals surface area (Å²) >= 11 is 0. The van der Waals surface area contributed by atoms with Crippen LogP contribution in [0.4, 0.5) is 0 Å². The number of rotatable bonds is 7. The molecule has 3 atom stereocenters. The van der Waals surface area contributed by atoms with E-state index in [1.54, 1.807) is 0 Å². The average molecular weight is 618 g/mol. The number of allylic oxidation sites excluding steroid dienone is 11. The zero-order valence-electron chi connectivity index (χ0n) is 26.8. The molecule has 4 aromatic rings. The molecule has 7 rings (SSSR count). The topological polar surface area (TPSA) is 0 Å². The van der Waals surface area contributed by atoms with Crippen molar-refractivity contribution in [2.45, 2.75) is 40.3 Å². The molecule has 0 saturated heterocycles. The molecule has 0 amide bonds. The summed E-state index contributed by atoms with van der Waals surface area (Å²) in [6.07, 6.45) is 20.6. The van der Waals surface area contributed by atoms with Crippen molar-refractivity contribution < 1.29 is 0 Å². The van der Waals surface area contributed by atoms with Gasteiger partial charge in [-0.15, -0.1) is 5.73 Å². The summed E-state index contributed by atoms with van der Waals surface area (Å²) in [5.41, 5.74) is 12.2. The summed E-state index contributed by atoms with van der Waals surface area (Å²) in [5, 5.41) is 9.85. The minimum absolute atomic E-state index is 0.287. The maximum Gasteiger partial charge on any atom is 0.0205 e. The molecule has 0 nitrogen and oxygen atoms in total. The van der Waals surface area contributed by atoms with Crippen LogP contribution in [0.3, 0.4) is 0 Å². The van der Waals surface area contributed by atoms with Gasteiger partial charge in [0, 0.05) is 23.6 Å². The van der Waals surface area contributed by atoms with Crippen molar-refractivity contribution in [1.29, 1.82) is 0 Å². The Bertz CT molecular complexity index is 1940. The van der Waals surface area contributed by atoms with E-state index in [2.05, 4.69) is 174 Å². The third-order valence-corrected chi connectivity index (χ3v) is 14.2. The first kappa shape index (κ1) is 29.9. The van der Waals surface area contributed by atoms with Crippen LogP contribution in [0, 0.1) is 40.0 Å². The Morgan fingerprint density at radius 2 is 1.31 bits per heavy atom. The van der Waals surface area contributed by atoms with Crippen molar-refractivity contribution in [2.75, 3.05) is 0 Å². The summed E-state index contributed by atoms with van der Waals surface area (Å²) in [4.78, 5) is 0. The molecule has 0 fully saturated rings. The molecule has 0 heterocycles. The monoisotopic (exact) mass is 617 g/mol. The van der Waals surface area contributed by atoms with Gasteiger partial charge < -0.3 is 0 Å². The van der Waals surface area contributed by atoms with Gasteiger partial charge in [0.15, 0.2) is 0 Å². The van der Waals surface area contributed by atoms with Crippen molar-refractivity contribution in [2.24, 2.45) is 5.92 Å². The fourth-order valence-electron chi connectivity index (χ4n) is 7.15. The quantitative estimate of drug-likeness (QED) is 0.143. The highest BCUT2D eigenvalue weighted by atomic mass is 31.1. The molecule has 0 bridgehead atoms. The van der Waals surface area contributed by atoms with Crippen molar-refractivity contribution in [3.8, 4) is 0 Å². The van der Waals surface area contributed by atoms with Gasteiger partial charge in [0.2, 0.25) is 0 Å². The Balaban J connectivity index is 1.40. The van der Waals surface area contributed by atoms with E-state index in [4.69, 9.17) is 0 Å². The zero-order chi connectivity index (χ0) is 31.1. The Morgan fingerprint density at radius 1 is 0.667 bits per heavy atom. The largest absolute Gasteiger partial charge is 0.116 e. The van der Waals surface area contributed by atoms with E-state index in [1.807, 2.05) is 0 Å². The molecule has 0 saturated carbocycles. The first-order valence-corrected chi connectivity index (χ1v) is 18.6. The van der Waals surface area contributed by atoms with Crippen molar-refractivity contribution in [3.05, 3.63) is 184 Å². The van der Waals surface area contributed by atoms with Crippen LogP contribution in [0.1, 0.15) is 29.2 Å². The second-order valence-electron chi connectivity index (χ2n) is 12.5. The van der Waals surface area contributed by atoms with Gasteiger partial charge in [0.05, 0.1) is 0 Å². The van der Waals surface area contributed by atoms with E-state index in [0.717, 1.165) is 0 Å². The van der Waals surface area contributed by atoms with Gasteiger partial charge in [-0.25, -0.2) is 0 Å². The summed E-state index contributed by atoms with van der Waals surface area (Å²) in [5.74, 6) is 0.317.